The Morgan fingerprint density at radius 2 is 1.95 bits per heavy atom. The Bertz CT molecular complexity index is 681. The smallest absolute Gasteiger partial charge is 0.338 e. The third-order valence-electron chi connectivity index (χ3n) is 2.88. The number of anilines is 1. The number of hydrogen-bond acceptors (Lipinski definition) is 3. The summed E-state index contributed by atoms with van der Waals surface area (Å²) in [6.45, 7) is 3.83. The van der Waals surface area contributed by atoms with Crippen LogP contribution >= 0.6 is 0 Å². The molecule has 5 heteroatoms. The molecule has 0 atom stereocenters. The normalized spacial score (nSPS) is 10.1. The van der Waals surface area contributed by atoms with E-state index in [-0.39, 0.29) is 11.3 Å². The van der Waals surface area contributed by atoms with Crippen LogP contribution < -0.4 is 5.32 Å². The molecular formula is C15H14N2O3. The second-order valence-corrected chi connectivity index (χ2v) is 4.48. The van der Waals surface area contributed by atoms with Gasteiger partial charge in [0.05, 0.1) is 5.56 Å². The molecule has 0 fully saturated rings. The van der Waals surface area contributed by atoms with Gasteiger partial charge in [0, 0.05) is 11.9 Å². The van der Waals surface area contributed by atoms with Gasteiger partial charge in [-0.25, -0.2) is 4.79 Å². The van der Waals surface area contributed by atoms with Crippen molar-refractivity contribution in [2.45, 2.75) is 13.8 Å². The lowest BCUT2D eigenvalue weighted by molar-refractivity contribution is 0.0691. The quantitative estimate of drug-likeness (QED) is 0.898. The first-order valence-corrected chi connectivity index (χ1v) is 6.06. The number of pyridine rings is 1. The Labute approximate surface area is 116 Å². The van der Waals surface area contributed by atoms with E-state index >= 15 is 0 Å². The fourth-order valence-corrected chi connectivity index (χ4v) is 1.89. The molecule has 102 valence electrons. The van der Waals surface area contributed by atoms with Crippen LogP contribution in [0.3, 0.4) is 0 Å². The summed E-state index contributed by atoms with van der Waals surface area (Å²) in [6, 6.07) is 8.43. The molecule has 1 aromatic heterocycles. The average Bonchev–Trinajstić information content (AvgIpc) is 2.41. The largest absolute Gasteiger partial charge is 0.478 e. The van der Waals surface area contributed by atoms with Crippen molar-refractivity contribution in [3.05, 3.63) is 58.9 Å². The Hall–Kier alpha value is -2.69. The van der Waals surface area contributed by atoms with Crippen LogP contribution in [0.2, 0.25) is 0 Å². The monoisotopic (exact) mass is 270 g/mol. The van der Waals surface area contributed by atoms with Gasteiger partial charge in [-0.15, -0.1) is 0 Å². The van der Waals surface area contributed by atoms with Crippen LogP contribution in [0.5, 0.6) is 0 Å². The molecule has 0 saturated heterocycles. The number of carbonyl (C=O) groups excluding carboxylic acids is 1. The summed E-state index contributed by atoms with van der Waals surface area (Å²) in [7, 11) is 0. The summed E-state index contributed by atoms with van der Waals surface area (Å²) in [5.74, 6) is -1.71. The molecule has 1 heterocycles. The third-order valence-corrected chi connectivity index (χ3v) is 2.88. The van der Waals surface area contributed by atoms with Gasteiger partial charge in [-0.2, -0.15) is 0 Å². The van der Waals surface area contributed by atoms with Gasteiger partial charge in [0.2, 0.25) is 0 Å². The molecule has 0 spiro atoms. The van der Waals surface area contributed by atoms with Crippen molar-refractivity contribution in [1.29, 1.82) is 0 Å². The van der Waals surface area contributed by atoms with Crippen molar-refractivity contribution in [1.82, 2.24) is 4.98 Å². The first-order valence-electron chi connectivity index (χ1n) is 6.06. The molecule has 0 saturated carbocycles. The molecule has 2 rings (SSSR count). The van der Waals surface area contributed by atoms with E-state index in [4.69, 9.17) is 5.11 Å². The van der Waals surface area contributed by atoms with E-state index in [2.05, 4.69) is 10.3 Å². The fourth-order valence-electron chi connectivity index (χ4n) is 1.89. The van der Waals surface area contributed by atoms with Crippen LogP contribution in [-0.4, -0.2) is 22.0 Å². The maximum atomic E-state index is 12.1. The van der Waals surface area contributed by atoms with E-state index in [0.29, 0.717) is 5.69 Å². The predicted molar refractivity (Wildman–Crippen MR) is 75.1 cm³/mol. The number of nitrogens with one attached hydrogen (secondary N) is 1. The van der Waals surface area contributed by atoms with Crippen LogP contribution in [-0.2, 0) is 0 Å². The molecule has 1 amide bonds. The van der Waals surface area contributed by atoms with Gasteiger partial charge >= 0.3 is 5.97 Å². The number of hydrogen-bond donors (Lipinski definition) is 2. The number of carboxylic acids is 1. The Morgan fingerprint density at radius 1 is 1.20 bits per heavy atom. The van der Waals surface area contributed by atoms with E-state index in [1.807, 2.05) is 26.0 Å². The highest BCUT2D eigenvalue weighted by molar-refractivity contribution is 6.09. The SMILES string of the molecule is Cc1ccc(NC(=O)c2ncccc2C(=O)O)c(C)c1. The van der Waals surface area contributed by atoms with Crippen molar-refractivity contribution in [2.75, 3.05) is 5.32 Å². The molecule has 0 bridgehead atoms. The van der Waals surface area contributed by atoms with Crippen molar-refractivity contribution >= 4 is 17.6 Å². The maximum Gasteiger partial charge on any atom is 0.338 e. The Kier molecular flexibility index (Phi) is 3.79. The fraction of sp³-hybridized carbons (Fsp3) is 0.133. The van der Waals surface area contributed by atoms with Crippen LogP contribution in [0.4, 0.5) is 5.69 Å². The number of rotatable bonds is 3. The van der Waals surface area contributed by atoms with Crippen LogP contribution in [0.15, 0.2) is 36.5 Å². The number of aromatic nitrogens is 1. The Balaban J connectivity index is 2.31. The van der Waals surface area contributed by atoms with Gasteiger partial charge < -0.3 is 10.4 Å². The lowest BCUT2D eigenvalue weighted by atomic mass is 10.1. The number of carboxylic acid groups (broad SMARTS) is 1. The summed E-state index contributed by atoms with van der Waals surface area (Å²) < 4.78 is 0. The predicted octanol–water partition coefficient (Wildman–Crippen LogP) is 2.65. The molecule has 1 aromatic carbocycles. The van der Waals surface area contributed by atoms with E-state index < -0.39 is 11.9 Å². The number of benzene rings is 1. The van der Waals surface area contributed by atoms with E-state index in [1.54, 1.807) is 6.07 Å². The number of carbonyl (C=O) groups is 2. The molecule has 0 aliphatic heterocycles. The maximum absolute atomic E-state index is 12.1. The number of aromatic carboxylic acids is 1. The molecule has 0 aliphatic rings. The average molecular weight is 270 g/mol. The minimum absolute atomic E-state index is 0.0972. The van der Waals surface area contributed by atoms with Gasteiger partial charge in [-0.05, 0) is 37.6 Å². The first kappa shape index (κ1) is 13.7. The summed E-state index contributed by atoms with van der Waals surface area (Å²) in [5.41, 5.74) is 2.42. The third kappa shape index (κ3) is 2.83. The summed E-state index contributed by atoms with van der Waals surface area (Å²) in [5, 5.41) is 11.7. The number of amides is 1. The topological polar surface area (TPSA) is 79.3 Å². The van der Waals surface area contributed by atoms with Gasteiger partial charge in [0.1, 0.15) is 5.69 Å². The van der Waals surface area contributed by atoms with E-state index in [9.17, 15) is 9.59 Å². The number of nitrogens with zero attached hydrogens (tertiary/aromatic N) is 1. The summed E-state index contributed by atoms with van der Waals surface area (Å²) in [6.07, 6.45) is 1.39. The zero-order valence-corrected chi connectivity index (χ0v) is 11.2. The molecule has 2 aromatic rings. The lowest BCUT2D eigenvalue weighted by Crippen LogP contribution is -2.18. The Morgan fingerprint density at radius 3 is 2.60 bits per heavy atom. The second-order valence-electron chi connectivity index (χ2n) is 4.48. The molecule has 0 radical (unpaired) electrons. The van der Waals surface area contributed by atoms with Gasteiger partial charge in [-0.3, -0.25) is 9.78 Å². The lowest BCUT2D eigenvalue weighted by Gasteiger charge is -2.09. The van der Waals surface area contributed by atoms with Crippen LogP contribution in [0, 0.1) is 13.8 Å². The second kappa shape index (κ2) is 5.52. The first-order chi connectivity index (χ1) is 9.49. The highest BCUT2D eigenvalue weighted by Crippen LogP contribution is 2.17. The standard InChI is InChI=1S/C15H14N2O3/c1-9-5-6-12(10(2)8-9)17-14(18)13-11(15(19)20)4-3-7-16-13/h3-8H,1-2H3,(H,17,18)(H,19,20). The van der Waals surface area contributed by atoms with Gasteiger partial charge in [-0.1, -0.05) is 17.7 Å². The van der Waals surface area contributed by atoms with Gasteiger partial charge in [0.15, 0.2) is 0 Å². The molecule has 20 heavy (non-hydrogen) atoms. The zero-order valence-electron chi connectivity index (χ0n) is 11.2. The van der Waals surface area contributed by atoms with Crippen LogP contribution in [0.25, 0.3) is 0 Å². The molecule has 5 nitrogen and oxygen atoms in total. The van der Waals surface area contributed by atoms with Crippen molar-refractivity contribution < 1.29 is 14.7 Å². The highest BCUT2D eigenvalue weighted by atomic mass is 16.4. The molecule has 0 aliphatic carbocycles. The van der Waals surface area contributed by atoms with Crippen molar-refractivity contribution in [3.63, 3.8) is 0 Å². The van der Waals surface area contributed by atoms with Crippen molar-refractivity contribution in [2.24, 2.45) is 0 Å². The molecule has 2 N–H and O–H groups in total. The summed E-state index contributed by atoms with van der Waals surface area (Å²) in [4.78, 5) is 27.1. The number of aryl methyl sites for hydroxylation is 2. The van der Waals surface area contributed by atoms with E-state index in [0.717, 1.165) is 11.1 Å². The molecular weight excluding hydrogens is 256 g/mol. The van der Waals surface area contributed by atoms with Crippen LogP contribution in [0.1, 0.15) is 32.0 Å². The van der Waals surface area contributed by atoms with Gasteiger partial charge in [0.25, 0.3) is 5.91 Å². The van der Waals surface area contributed by atoms with Crippen molar-refractivity contribution in [3.8, 4) is 0 Å². The summed E-state index contributed by atoms with van der Waals surface area (Å²) >= 11 is 0. The highest BCUT2D eigenvalue weighted by Gasteiger charge is 2.18. The zero-order chi connectivity index (χ0) is 14.7. The molecule has 0 unspecified atom stereocenters. The minimum atomic E-state index is -1.18. The van der Waals surface area contributed by atoms with E-state index in [1.165, 1.54) is 18.3 Å². The minimum Gasteiger partial charge on any atom is -0.478 e.